The second kappa shape index (κ2) is 6.00. The summed E-state index contributed by atoms with van der Waals surface area (Å²) in [6, 6.07) is 2.70. The van der Waals surface area contributed by atoms with Gasteiger partial charge < -0.3 is 4.74 Å². The third kappa shape index (κ3) is 2.63. The van der Waals surface area contributed by atoms with Crippen molar-refractivity contribution in [3.05, 3.63) is 63.3 Å². The lowest BCUT2D eigenvalue weighted by Crippen LogP contribution is -2.37. The average molecular weight is 348 g/mol. The molecule has 2 aromatic heterocycles. The molecule has 3 aromatic rings. The van der Waals surface area contributed by atoms with Gasteiger partial charge in [-0.25, -0.2) is 13.6 Å². The molecule has 0 saturated carbocycles. The molecule has 0 saturated heterocycles. The highest BCUT2D eigenvalue weighted by atomic mass is 19.1. The first-order valence-corrected chi connectivity index (χ1v) is 7.25. The van der Waals surface area contributed by atoms with Crippen LogP contribution in [0, 0.1) is 11.6 Å². The van der Waals surface area contributed by atoms with E-state index in [1.165, 1.54) is 29.3 Å². The van der Waals surface area contributed by atoms with Crippen LogP contribution < -0.4 is 16.0 Å². The van der Waals surface area contributed by atoms with Gasteiger partial charge in [-0.2, -0.15) is 4.98 Å². The summed E-state index contributed by atoms with van der Waals surface area (Å²) in [7, 11) is 2.80. The molecule has 0 fully saturated rings. The zero-order valence-electron chi connectivity index (χ0n) is 13.5. The van der Waals surface area contributed by atoms with Gasteiger partial charge in [-0.05, 0) is 12.1 Å². The maximum atomic E-state index is 13.9. The van der Waals surface area contributed by atoms with Crippen LogP contribution in [0.2, 0.25) is 0 Å². The first-order valence-electron chi connectivity index (χ1n) is 7.25. The summed E-state index contributed by atoms with van der Waals surface area (Å²) in [5.74, 6) is -1.93. The Labute approximate surface area is 140 Å². The SMILES string of the molecule is C=CCn1c(Oc2ccc(F)cc2F)nc2c1c(=O)n(C)c(=O)n2C. The van der Waals surface area contributed by atoms with Crippen LogP contribution in [0.15, 0.2) is 40.4 Å². The number of nitrogens with zero attached hydrogens (tertiary/aromatic N) is 4. The van der Waals surface area contributed by atoms with E-state index in [1.54, 1.807) is 0 Å². The minimum absolute atomic E-state index is 0.0902. The van der Waals surface area contributed by atoms with E-state index in [0.717, 1.165) is 16.7 Å². The van der Waals surface area contributed by atoms with E-state index >= 15 is 0 Å². The fraction of sp³-hybridized carbons (Fsp3) is 0.188. The fourth-order valence-electron chi connectivity index (χ4n) is 2.46. The molecule has 0 amide bonds. The van der Waals surface area contributed by atoms with Crippen LogP contribution in [0.4, 0.5) is 8.78 Å². The van der Waals surface area contributed by atoms with Gasteiger partial charge in [0.15, 0.2) is 22.7 Å². The first-order chi connectivity index (χ1) is 11.8. The number of rotatable bonds is 4. The maximum absolute atomic E-state index is 13.9. The summed E-state index contributed by atoms with van der Waals surface area (Å²) in [5, 5.41) is 0. The molecule has 0 aliphatic rings. The van der Waals surface area contributed by atoms with Crippen molar-refractivity contribution in [2.24, 2.45) is 14.1 Å². The zero-order chi connectivity index (χ0) is 18.3. The van der Waals surface area contributed by atoms with E-state index < -0.39 is 22.9 Å². The number of hydrogen-bond acceptors (Lipinski definition) is 4. The number of aromatic nitrogens is 4. The number of imidazole rings is 1. The highest BCUT2D eigenvalue weighted by Gasteiger charge is 2.20. The zero-order valence-corrected chi connectivity index (χ0v) is 13.5. The van der Waals surface area contributed by atoms with Crippen molar-refractivity contribution in [1.29, 1.82) is 0 Å². The summed E-state index contributed by atoms with van der Waals surface area (Å²) >= 11 is 0. The maximum Gasteiger partial charge on any atom is 0.332 e. The number of allylic oxidation sites excluding steroid dienone is 1. The van der Waals surface area contributed by atoms with Gasteiger partial charge in [0.25, 0.3) is 5.56 Å². The Bertz CT molecular complexity index is 1110. The summed E-state index contributed by atoms with van der Waals surface area (Å²) in [6.07, 6.45) is 1.50. The number of hydrogen-bond donors (Lipinski definition) is 0. The molecule has 130 valence electrons. The third-order valence-corrected chi connectivity index (χ3v) is 3.72. The van der Waals surface area contributed by atoms with Crippen molar-refractivity contribution in [2.45, 2.75) is 6.54 Å². The lowest BCUT2D eigenvalue weighted by molar-refractivity contribution is 0.393. The molecule has 0 spiro atoms. The molecule has 7 nitrogen and oxygen atoms in total. The predicted molar refractivity (Wildman–Crippen MR) is 86.8 cm³/mol. The molecule has 0 aliphatic heterocycles. The number of ether oxygens (including phenoxy) is 1. The standard InChI is InChI=1S/C16H14F2N4O3/c1-4-7-22-12-13(20(2)16(24)21(3)14(12)23)19-15(22)25-11-6-5-9(17)8-10(11)18/h4-6,8H,1,7H2,2-3H3. The van der Waals surface area contributed by atoms with E-state index in [4.69, 9.17) is 4.74 Å². The Balaban J connectivity index is 2.28. The van der Waals surface area contributed by atoms with Gasteiger partial charge in [0.2, 0.25) is 0 Å². The van der Waals surface area contributed by atoms with Gasteiger partial charge in [-0.1, -0.05) is 6.08 Å². The summed E-state index contributed by atoms with van der Waals surface area (Å²) in [5.41, 5.74) is -0.920. The molecule has 9 heteroatoms. The van der Waals surface area contributed by atoms with Crippen LogP contribution in [-0.4, -0.2) is 18.7 Å². The van der Waals surface area contributed by atoms with Crippen molar-refractivity contribution in [1.82, 2.24) is 18.7 Å². The van der Waals surface area contributed by atoms with E-state index in [9.17, 15) is 18.4 Å². The summed E-state index contributed by atoms with van der Waals surface area (Å²) < 4.78 is 35.8. The molecule has 0 unspecified atom stereocenters. The second-order valence-corrected chi connectivity index (χ2v) is 5.35. The fourth-order valence-corrected chi connectivity index (χ4v) is 2.46. The predicted octanol–water partition coefficient (Wildman–Crippen LogP) is 1.69. The Morgan fingerprint density at radius 1 is 1.24 bits per heavy atom. The second-order valence-electron chi connectivity index (χ2n) is 5.35. The topological polar surface area (TPSA) is 71.1 Å². The van der Waals surface area contributed by atoms with Crippen LogP contribution in [0.5, 0.6) is 11.8 Å². The van der Waals surface area contributed by atoms with Crippen LogP contribution in [0.25, 0.3) is 11.2 Å². The Morgan fingerprint density at radius 2 is 1.96 bits per heavy atom. The Kier molecular flexibility index (Phi) is 3.99. The van der Waals surface area contributed by atoms with Gasteiger partial charge in [0, 0.05) is 26.7 Å². The van der Waals surface area contributed by atoms with Crippen molar-refractivity contribution in [3.63, 3.8) is 0 Å². The van der Waals surface area contributed by atoms with E-state index in [1.807, 2.05) is 0 Å². The van der Waals surface area contributed by atoms with Crippen LogP contribution in [0.1, 0.15) is 0 Å². The molecule has 0 radical (unpaired) electrons. The molecule has 0 aliphatic carbocycles. The smallest absolute Gasteiger partial charge is 0.332 e. The van der Waals surface area contributed by atoms with Gasteiger partial charge in [0.1, 0.15) is 5.82 Å². The van der Waals surface area contributed by atoms with E-state index in [-0.39, 0.29) is 29.5 Å². The Morgan fingerprint density at radius 3 is 2.60 bits per heavy atom. The van der Waals surface area contributed by atoms with E-state index in [0.29, 0.717) is 6.07 Å². The number of fused-ring (bicyclic) bond motifs is 1. The van der Waals surface area contributed by atoms with Gasteiger partial charge in [-0.3, -0.25) is 18.5 Å². The van der Waals surface area contributed by atoms with Gasteiger partial charge >= 0.3 is 11.7 Å². The Hall–Kier alpha value is -3.23. The minimum Gasteiger partial charge on any atom is -0.422 e. The molecule has 2 heterocycles. The third-order valence-electron chi connectivity index (χ3n) is 3.72. The number of aryl methyl sites for hydroxylation is 1. The lowest BCUT2D eigenvalue weighted by atomic mass is 10.3. The van der Waals surface area contributed by atoms with Crippen molar-refractivity contribution in [2.75, 3.05) is 0 Å². The summed E-state index contributed by atoms with van der Waals surface area (Å²) in [4.78, 5) is 28.6. The molecular formula is C16H14F2N4O3. The molecule has 3 rings (SSSR count). The lowest BCUT2D eigenvalue weighted by Gasteiger charge is -2.08. The largest absolute Gasteiger partial charge is 0.422 e. The molecule has 0 N–H and O–H groups in total. The highest BCUT2D eigenvalue weighted by Crippen LogP contribution is 2.26. The van der Waals surface area contributed by atoms with Crippen LogP contribution >= 0.6 is 0 Å². The molecule has 0 atom stereocenters. The number of benzene rings is 1. The van der Waals surface area contributed by atoms with Gasteiger partial charge in [-0.15, -0.1) is 6.58 Å². The van der Waals surface area contributed by atoms with Crippen molar-refractivity contribution < 1.29 is 13.5 Å². The normalized spacial score (nSPS) is 11.0. The van der Waals surface area contributed by atoms with Crippen molar-refractivity contribution in [3.8, 4) is 11.8 Å². The van der Waals surface area contributed by atoms with Gasteiger partial charge in [0.05, 0.1) is 0 Å². The van der Waals surface area contributed by atoms with E-state index in [2.05, 4.69) is 11.6 Å². The minimum atomic E-state index is -0.918. The van der Waals surface area contributed by atoms with Crippen LogP contribution in [0.3, 0.4) is 0 Å². The molecule has 0 bridgehead atoms. The first kappa shape index (κ1) is 16.6. The van der Waals surface area contributed by atoms with Crippen molar-refractivity contribution >= 4 is 11.2 Å². The number of halogens is 2. The quantitative estimate of drug-likeness (QED) is 0.673. The molecular weight excluding hydrogens is 334 g/mol. The van der Waals surface area contributed by atoms with Crippen LogP contribution in [-0.2, 0) is 20.6 Å². The summed E-state index contributed by atoms with van der Waals surface area (Å²) in [6.45, 7) is 3.75. The monoisotopic (exact) mass is 348 g/mol. The highest BCUT2D eigenvalue weighted by molar-refractivity contribution is 5.72. The molecule has 25 heavy (non-hydrogen) atoms. The average Bonchev–Trinajstić information content (AvgIpc) is 2.92. The molecule has 1 aromatic carbocycles.